The van der Waals surface area contributed by atoms with Crippen LogP contribution in [0.1, 0.15) is 36.0 Å². The summed E-state index contributed by atoms with van der Waals surface area (Å²) in [6.45, 7) is 6.17. The van der Waals surface area contributed by atoms with E-state index in [1.807, 2.05) is 120 Å². The van der Waals surface area contributed by atoms with E-state index in [2.05, 4.69) is 90.9 Å². The Hall–Kier alpha value is -6.39. The van der Waals surface area contributed by atoms with Crippen molar-refractivity contribution >= 4 is 44.2 Å². The summed E-state index contributed by atoms with van der Waals surface area (Å²) in [4.78, 5) is 9.13. The topological polar surface area (TPSA) is 38.5 Å². The number of pyridine rings is 1. The van der Waals surface area contributed by atoms with Gasteiger partial charge in [-0.05, 0) is 72.2 Å². The van der Waals surface area contributed by atoms with Crippen LogP contribution in [0.4, 0.5) is 11.4 Å². The van der Waals surface area contributed by atoms with Crippen molar-refractivity contribution in [3.8, 4) is 34.1 Å². The fourth-order valence-electron chi connectivity index (χ4n) is 7.71. The second-order valence-corrected chi connectivity index (χ2v) is 15.3. The van der Waals surface area contributed by atoms with Gasteiger partial charge in [-0.2, -0.15) is 6.07 Å². The van der Waals surface area contributed by atoms with Crippen molar-refractivity contribution in [2.24, 2.45) is 0 Å². The Kier molecular flexibility index (Phi) is 8.63. The van der Waals surface area contributed by atoms with Crippen molar-refractivity contribution in [1.29, 1.82) is 0 Å². The summed E-state index contributed by atoms with van der Waals surface area (Å²) in [5, 5.41) is 1.90. The van der Waals surface area contributed by atoms with Crippen molar-refractivity contribution in [3.63, 3.8) is 0 Å². The summed E-state index contributed by atoms with van der Waals surface area (Å²) < 4.78 is 37.0. The van der Waals surface area contributed by atoms with Crippen LogP contribution >= 0.6 is 0 Å². The quantitative estimate of drug-likeness (QED) is 0.118. The standard InChI is InChI=1S/C51H40N5O.Pd/c1-35-28-48(52-33-45(35)36-16-8-5-9-17-36)56-47-32-41(24-25-44(47)49-50(56)43-22-14-15-23-46(43)55(49)39-20-12-7-13-21-39)57-42-30-37(51(2,3)4)29-40(31-42)54-27-26-53(34-54)38-18-10-6-11-19-38;/h5-30,33-34H,1-4H3;/q-3;/i1D3;. The molecule has 0 saturated heterocycles. The number of aromatic nitrogens is 3. The molecule has 0 spiro atoms. The maximum Gasteiger partial charge on any atom is 0.135 e. The number of hydrogen-bond donors (Lipinski definition) is 0. The monoisotopic (exact) mass is 847 g/mol. The average molecular weight is 848 g/mol. The summed E-state index contributed by atoms with van der Waals surface area (Å²) in [6, 6.07) is 55.3. The Bertz CT molecular complexity index is 3080. The Morgan fingerprint density at radius 2 is 1.33 bits per heavy atom. The number of ether oxygens (including phenoxy) is 1. The van der Waals surface area contributed by atoms with Gasteiger partial charge >= 0.3 is 0 Å². The number of fused-ring (bicyclic) bond motifs is 5. The third-order valence-electron chi connectivity index (χ3n) is 10.6. The van der Waals surface area contributed by atoms with Crippen molar-refractivity contribution in [1.82, 2.24) is 14.1 Å². The molecule has 0 saturated carbocycles. The van der Waals surface area contributed by atoms with Crippen LogP contribution in [-0.2, 0) is 25.8 Å². The number of anilines is 2. The van der Waals surface area contributed by atoms with Gasteiger partial charge in [0.1, 0.15) is 5.82 Å². The van der Waals surface area contributed by atoms with E-state index in [9.17, 15) is 0 Å². The van der Waals surface area contributed by atoms with Gasteiger partial charge in [-0.25, -0.2) is 4.98 Å². The number of rotatable bonds is 7. The van der Waals surface area contributed by atoms with E-state index in [-0.39, 0.29) is 31.4 Å². The van der Waals surface area contributed by atoms with Crippen molar-refractivity contribution in [3.05, 3.63) is 194 Å². The predicted molar refractivity (Wildman–Crippen MR) is 233 cm³/mol. The van der Waals surface area contributed by atoms with E-state index < -0.39 is 6.85 Å². The molecule has 58 heavy (non-hydrogen) atoms. The summed E-state index contributed by atoms with van der Waals surface area (Å²) >= 11 is 0. The average Bonchev–Trinajstić information content (AvgIpc) is 3.97. The zero-order chi connectivity index (χ0) is 41.2. The maximum absolute atomic E-state index is 8.66. The van der Waals surface area contributed by atoms with Gasteiger partial charge in [0.2, 0.25) is 0 Å². The Labute approximate surface area is 357 Å². The van der Waals surface area contributed by atoms with E-state index in [1.54, 1.807) is 12.3 Å². The maximum atomic E-state index is 8.66. The first kappa shape index (κ1) is 33.7. The summed E-state index contributed by atoms with van der Waals surface area (Å²) in [5.74, 6) is 1.49. The van der Waals surface area contributed by atoms with E-state index in [0.717, 1.165) is 55.5 Å². The van der Waals surface area contributed by atoms with Gasteiger partial charge in [-0.1, -0.05) is 117 Å². The Morgan fingerprint density at radius 3 is 2.07 bits per heavy atom. The van der Waals surface area contributed by atoms with Gasteiger partial charge in [-0.3, -0.25) is 0 Å². The van der Waals surface area contributed by atoms with Crippen LogP contribution in [0.5, 0.6) is 11.5 Å². The molecule has 0 radical (unpaired) electrons. The SMILES string of the molecule is [2H]C([2H])([2H])c1cc(-n2c3[c-]c(Oc4[c-]c(N5C=CN(c6ccccc6)[CH-]5)cc(C(C)(C)C)c4)ccc3c3c2c2ccccc2n3-c2ccccc2)ncc1-c1ccccc1.[Pd]. The zero-order valence-electron chi connectivity index (χ0n) is 35.1. The molecule has 7 heteroatoms. The van der Waals surface area contributed by atoms with Crippen LogP contribution in [0.15, 0.2) is 164 Å². The Morgan fingerprint density at radius 1 is 0.655 bits per heavy atom. The molecule has 0 fully saturated rings. The molecule has 6 nitrogen and oxygen atoms in total. The van der Waals surface area contributed by atoms with Crippen molar-refractivity contribution < 1.29 is 29.3 Å². The van der Waals surface area contributed by atoms with Gasteiger partial charge in [0, 0.05) is 70.1 Å². The third kappa shape index (κ3) is 6.57. The van der Waals surface area contributed by atoms with Crippen LogP contribution in [0.25, 0.3) is 55.5 Å². The van der Waals surface area contributed by atoms with E-state index >= 15 is 0 Å². The molecule has 0 aliphatic carbocycles. The van der Waals surface area contributed by atoms with Crippen molar-refractivity contribution in [2.75, 3.05) is 9.80 Å². The Balaban J connectivity index is 0.00000476. The van der Waals surface area contributed by atoms with Gasteiger partial charge < -0.3 is 23.7 Å². The van der Waals surface area contributed by atoms with Crippen LogP contribution in [0, 0.1) is 25.7 Å². The normalized spacial score (nSPS) is 13.8. The second kappa shape index (κ2) is 14.8. The third-order valence-corrected chi connectivity index (χ3v) is 10.6. The summed E-state index contributed by atoms with van der Waals surface area (Å²) in [7, 11) is 0. The largest absolute Gasteiger partial charge is 0.509 e. The second-order valence-electron chi connectivity index (χ2n) is 15.3. The first-order valence-corrected chi connectivity index (χ1v) is 19.0. The molecule has 0 atom stereocenters. The van der Waals surface area contributed by atoms with Crippen LogP contribution in [-0.4, -0.2) is 14.1 Å². The molecule has 4 heterocycles. The minimum absolute atomic E-state index is 0. The first-order valence-electron chi connectivity index (χ1n) is 20.5. The molecule has 1 aliphatic heterocycles. The molecular formula is C51H40N5OPd-3. The van der Waals surface area contributed by atoms with E-state index in [0.29, 0.717) is 28.4 Å². The van der Waals surface area contributed by atoms with Gasteiger partial charge in [0.15, 0.2) is 0 Å². The van der Waals surface area contributed by atoms with Gasteiger partial charge in [0.05, 0.1) is 11.0 Å². The molecular weight excluding hydrogens is 805 g/mol. The summed E-state index contributed by atoms with van der Waals surface area (Å²) in [6.07, 6.45) is 5.72. The van der Waals surface area contributed by atoms with E-state index in [1.165, 1.54) is 0 Å². The number of para-hydroxylation sites is 3. The molecule has 9 aromatic rings. The molecule has 1 aliphatic rings. The number of hydrogen-bond acceptors (Lipinski definition) is 4. The molecule has 0 N–H and O–H groups in total. The van der Waals surface area contributed by atoms with Gasteiger partial charge in [-0.15, -0.1) is 48.3 Å². The fraction of sp³-hybridized carbons (Fsp3) is 0.0980. The number of aryl methyl sites for hydroxylation is 1. The van der Waals surface area contributed by atoms with Crippen LogP contribution < -0.4 is 14.5 Å². The zero-order valence-corrected chi connectivity index (χ0v) is 33.7. The fourth-order valence-corrected chi connectivity index (χ4v) is 7.71. The summed E-state index contributed by atoms with van der Waals surface area (Å²) in [5.41, 5.74) is 8.92. The van der Waals surface area contributed by atoms with E-state index in [4.69, 9.17) is 13.8 Å². The first-order chi connectivity index (χ1) is 29.0. The molecule has 0 bridgehead atoms. The molecule has 0 unspecified atom stereocenters. The molecule has 3 aromatic heterocycles. The number of nitrogens with zero attached hydrogens (tertiary/aromatic N) is 5. The van der Waals surface area contributed by atoms with Gasteiger partial charge in [0.25, 0.3) is 0 Å². The molecule has 288 valence electrons. The van der Waals surface area contributed by atoms with Crippen LogP contribution in [0.3, 0.4) is 0 Å². The minimum atomic E-state index is -2.41. The molecule has 10 rings (SSSR count). The predicted octanol–water partition coefficient (Wildman–Crippen LogP) is 12.7. The molecule has 6 aromatic carbocycles. The number of benzene rings is 6. The minimum Gasteiger partial charge on any atom is -0.509 e. The van der Waals surface area contributed by atoms with Crippen molar-refractivity contribution in [2.45, 2.75) is 33.0 Å². The smallest absolute Gasteiger partial charge is 0.135 e. The van der Waals surface area contributed by atoms with Crippen LogP contribution in [0.2, 0.25) is 0 Å². The molecule has 0 amide bonds.